The van der Waals surface area contributed by atoms with E-state index in [2.05, 4.69) is 24.4 Å². The number of hydrogen-bond donors (Lipinski definition) is 2. The summed E-state index contributed by atoms with van der Waals surface area (Å²) in [5, 5.41) is 12.3. The molecule has 5 nitrogen and oxygen atoms in total. The predicted molar refractivity (Wildman–Crippen MR) is 96.3 cm³/mol. The molecule has 1 aliphatic rings. The maximum Gasteiger partial charge on any atom is 0.161 e. The van der Waals surface area contributed by atoms with Gasteiger partial charge in [-0.1, -0.05) is 18.2 Å². The van der Waals surface area contributed by atoms with Crippen LogP contribution in [0.25, 0.3) is 0 Å². The van der Waals surface area contributed by atoms with Crippen LogP contribution in [0, 0.1) is 0 Å². The molecule has 0 saturated carbocycles. The smallest absolute Gasteiger partial charge is 0.161 e. The Kier molecular flexibility index (Phi) is 6.14. The second-order valence-corrected chi connectivity index (χ2v) is 6.08. The molecule has 1 aliphatic heterocycles. The lowest BCUT2D eigenvalue weighted by Gasteiger charge is -2.16. The van der Waals surface area contributed by atoms with Gasteiger partial charge in [-0.2, -0.15) is 0 Å². The molecule has 0 spiro atoms. The summed E-state index contributed by atoms with van der Waals surface area (Å²) in [5.74, 6) is 2.43. The predicted octanol–water partition coefficient (Wildman–Crippen LogP) is 3.07. The van der Waals surface area contributed by atoms with E-state index in [0.29, 0.717) is 19.8 Å². The van der Waals surface area contributed by atoms with Crippen LogP contribution in [0.1, 0.15) is 30.5 Å². The summed E-state index contributed by atoms with van der Waals surface area (Å²) in [7, 11) is 0. The molecule has 3 rings (SSSR count). The van der Waals surface area contributed by atoms with Crippen LogP contribution >= 0.6 is 0 Å². The minimum atomic E-state index is 0.0242. The number of aliphatic hydroxyl groups excluding tert-OH is 1. The fourth-order valence-electron chi connectivity index (χ4n) is 2.71. The molecule has 0 amide bonds. The number of fused-ring (bicyclic) bond motifs is 1. The van der Waals surface area contributed by atoms with E-state index in [9.17, 15) is 0 Å². The van der Waals surface area contributed by atoms with E-state index < -0.39 is 0 Å². The van der Waals surface area contributed by atoms with Gasteiger partial charge in [-0.25, -0.2) is 0 Å². The first-order chi connectivity index (χ1) is 12.3. The monoisotopic (exact) mass is 343 g/mol. The Bertz CT molecular complexity index is 672. The number of rotatable bonds is 7. The summed E-state index contributed by atoms with van der Waals surface area (Å²) in [6.45, 7) is 4.64. The molecule has 2 aromatic rings. The zero-order chi connectivity index (χ0) is 17.5. The van der Waals surface area contributed by atoms with Crippen molar-refractivity contribution in [1.29, 1.82) is 0 Å². The Hall–Kier alpha value is -2.24. The quantitative estimate of drug-likeness (QED) is 0.809. The van der Waals surface area contributed by atoms with Gasteiger partial charge in [0.15, 0.2) is 11.5 Å². The van der Waals surface area contributed by atoms with Gasteiger partial charge in [0, 0.05) is 19.0 Å². The molecule has 0 fully saturated rings. The number of aliphatic hydroxyl groups is 1. The Morgan fingerprint density at radius 2 is 1.84 bits per heavy atom. The van der Waals surface area contributed by atoms with Crippen LogP contribution in [0.3, 0.4) is 0 Å². The van der Waals surface area contributed by atoms with Crippen molar-refractivity contribution in [1.82, 2.24) is 5.32 Å². The summed E-state index contributed by atoms with van der Waals surface area (Å²) in [6, 6.07) is 14.2. The van der Waals surface area contributed by atoms with Gasteiger partial charge in [0.05, 0.1) is 19.8 Å². The van der Waals surface area contributed by atoms with Gasteiger partial charge in [0.25, 0.3) is 0 Å². The highest BCUT2D eigenvalue weighted by atomic mass is 16.5. The molecule has 0 unspecified atom stereocenters. The van der Waals surface area contributed by atoms with Crippen LogP contribution in [0.15, 0.2) is 42.5 Å². The minimum Gasteiger partial charge on any atom is -0.491 e. The van der Waals surface area contributed by atoms with Crippen LogP contribution < -0.4 is 19.5 Å². The zero-order valence-corrected chi connectivity index (χ0v) is 14.5. The maximum atomic E-state index is 8.77. The van der Waals surface area contributed by atoms with Crippen molar-refractivity contribution >= 4 is 0 Å². The van der Waals surface area contributed by atoms with E-state index in [0.717, 1.165) is 30.2 Å². The van der Waals surface area contributed by atoms with Gasteiger partial charge < -0.3 is 24.6 Å². The number of nitrogens with one attached hydrogen (secondary N) is 1. The molecule has 2 aromatic carbocycles. The molecule has 0 radical (unpaired) electrons. The van der Waals surface area contributed by atoms with Gasteiger partial charge in [0.2, 0.25) is 0 Å². The van der Waals surface area contributed by atoms with Crippen molar-refractivity contribution in [3.63, 3.8) is 0 Å². The first kappa shape index (κ1) is 17.6. The number of hydrogen-bond acceptors (Lipinski definition) is 5. The third-order valence-corrected chi connectivity index (χ3v) is 4.17. The SMILES string of the molecule is C[C@H](NCc1ccc(OCCO)cc1)c1ccc2c(c1)OCCCO2. The summed E-state index contributed by atoms with van der Waals surface area (Å²) in [4.78, 5) is 0. The molecule has 0 saturated heterocycles. The Morgan fingerprint density at radius 3 is 2.60 bits per heavy atom. The maximum absolute atomic E-state index is 8.77. The van der Waals surface area contributed by atoms with Gasteiger partial charge in [-0.15, -0.1) is 0 Å². The van der Waals surface area contributed by atoms with Gasteiger partial charge in [-0.3, -0.25) is 0 Å². The fourth-order valence-corrected chi connectivity index (χ4v) is 2.71. The molecule has 1 atom stereocenters. The highest BCUT2D eigenvalue weighted by molar-refractivity contribution is 5.44. The molecule has 0 aliphatic carbocycles. The molecular weight excluding hydrogens is 318 g/mol. The molecule has 25 heavy (non-hydrogen) atoms. The van der Waals surface area contributed by atoms with Gasteiger partial charge >= 0.3 is 0 Å². The van der Waals surface area contributed by atoms with Crippen LogP contribution in [0.5, 0.6) is 17.2 Å². The van der Waals surface area contributed by atoms with Crippen LogP contribution in [0.4, 0.5) is 0 Å². The van der Waals surface area contributed by atoms with Gasteiger partial charge in [0.1, 0.15) is 12.4 Å². The number of benzene rings is 2. The lowest BCUT2D eigenvalue weighted by Crippen LogP contribution is -2.18. The first-order valence-electron chi connectivity index (χ1n) is 8.72. The average molecular weight is 343 g/mol. The summed E-state index contributed by atoms with van der Waals surface area (Å²) >= 11 is 0. The van der Waals surface area contributed by atoms with E-state index in [1.165, 1.54) is 11.1 Å². The van der Waals surface area contributed by atoms with E-state index in [4.69, 9.17) is 19.3 Å². The van der Waals surface area contributed by atoms with Crippen LogP contribution in [0.2, 0.25) is 0 Å². The summed E-state index contributed by atoms with van der Waals surface area (Å²) in [6.07, 6.45) is 0.913. The summed E-state index contributed by atoms with van der Waals surface area (Å²) < 4.78 is 16.8. The van der Waals surface area contributed by atoms with Crippen molar-refractivity contribution in [2.75, 3.05) is 26.4 Å². The average Bonchev–Trinajstić information content (AvgIpc) is 2.90. The third-order valence-electron chi connectivity index (χ3n) is 4.17. The molecule has 2 N–H and O–H groups in total. The molecule has 0 bridgehead atoms. The standard InChI is InChI=1S/C20H25NO4/c1-15(17-5-8-19-20(13-17)25-11-2-10-24-19)21-14-16-3-6-18(7-4-16)23-12-9-22/h3-8,13,15,21-22H,2,9-12,14H2,1H3/t15-/m0/s1. The highest BCUT2D eigenvalue weighted by Crippen LogP contribution is 2.32. The molecule has 0 aromatic heterocycles. The minimum absolute atomic E-state index is 0.0242. The third kappa shape index (κ3) is 4.87. The normalized spacial score (nSPS) is 14.6. The molecule has 134 valence electrons. The zero-order valence-electron chi connectivity index (χ0n) is 14.5. The second-order valence-electron chi connectivity index (χ2n) is 6.08. The van der Waals surface area contributed by atoms with Crippen molar-refractivity contribution in [2.45, 2.75) is 25.9 Å². The molecular formula is C20H25NO4. The lowest BCUT2D eigenvalue weighted by molar-refractivity contribution is 0.201. The van der Waals surface area contributed by atoms with Crippen LogP contribution in [-0.4, -0.2) is 31.5 Å². The van der Waals surface area contributed by atoms with Crippen molar-refractivity contribution in [3.05, 3.63) is 53.6 Å². The largest absolute Gasteiger partial charge is 0.491 e. The van der Waals surface area contributed by atoms with E-state index in [1.54, 1.807) is 0 Å². The lowest BCUT2D eigenvalue weighted by atomic mass is 10.1. The molecule has 1 heterocycles. The van der Waals surface area contributed by atoms with Crippen LogP contribution in [-0.2, 0) is 6.54 Å². The van der Waals surface area contributed by atoms with Crippen molar-refractivity contribution in [2.24, 2.45) is 0 Å². The highest BCUT2D eigenvalue weighted by Gasteiger charge is 2.13. The Balaban J connectivity index is 1.57. The molecule has 5 heteroatoms. The number of ether oxygens (including phenoxy) is 3. The topological polar surface area (TPSA) is 60.0 Å². The van der Waals surface area contributed by atoms with E-state index in [-0.39, 0.29) is 12.6 Å². The Morgan fingerprint density at radius 1 is 1.08 bits per heavy atom. The first-order valence-corrected chi connectivity index (χ1v) is 8.72. The Labute approximate surface area is 148 Å². The van der Waals surface area contributed by atoms with Crippen molar-refractivity contribution < 1.29 is 19.3 Å². The second kappa shape index (κ2) is 8.74. The van der Waals surface area contributed by atoms with E-state index >= 15 is 0 Å². The fraction of sp³-hybridized carbons (Fsp3) is 0.400. The van der Waals surface area contributed by atoms with E-state index in [1.807, 2.05) is 30.3 Å². The summed E-state index contributed by atoms with van der Waals surface area (Å²) in [5.41, 5.74) is 2.35. The van der Waals surface area contributed by atoms with Crippen molar-refractivity contribution in [3.8, 4) is 17.2 Å². The van der Waals surface area contributed by atoms with Gasteiger partial charge in [-0.05, 0) is 42.3 Å².